The van der Waals surface area contributed by atoms with E-state index in [4.69, 9.17) is 34.8 Å². The first-order valence-electron chi connectivity index (χ1n) is 14.8. The topological polar surface area (TPSA) is 86.8 Å². The van der Waals surface area contributed by atoms with E-state index in [1.54, 1.807) is 36.4 Å². The summed E-state index contributed by atoms with van der Waals surface area (Å²) in [7, 11) is -4.27. The molecule has 4 aromatic rings. The number of anilines is 1. The minimum Gasteiger partial charge on any atom is -0.352 e. The molecule has 0 unspecified atom stereocenters. The fourth-order valence-electron chi connectivity index (χ4n) is 4.79. The van der Waals surface area contributed by atoms with E-state index < -0.39 is 28.5 Å². The fourth-order valence-corrected chi connectivity index (χ4v) is 6.61. The minimum atomic E-state index is -4.27. The van der Waals surface area contributed by atoms with Crippen molar-refractivity contribution in [2.45, 2.75) is 57.1 Å². The van der Waals surface area contributed by atoms with Crippen LogP contribution < -0.4 is 9.62 Å². The summed E-state index contributed by atoms with van der Waals surface area (Å²) in [4.78, 5) is 29.9. The van der Waals surface area contributed by atoms with Gasteiger partial charge in [-0.2, -0.15) is 0 Å². The van der Waals surface area contributed by atoms with Gasteiger partial charge >= 0.3 is 0 Å². The van der Waals surface area contributed by atoms with E-state index in [2.05, 4.69) is 5.32 Å². The Balaban J connectivity index is 1.82. The van der Waals surface area contributed by atoms with Gasteiger partial charge in [-0.05, 0) is 73.9 Å². The van der Waals surface area contributed by atoms with Gasteiger partial charge in [-0.3, -0.25) is 13.9 Å². The molecule has 46 heavy (non-hydrogen) atoms. The molecule has 11 heteroatoms. The van der Waals surface area contributed by atoms with Gasteiger partial charge in [-0.1, -0.05) is 102 Å². The molecule has 0 fully saturated rings. The molecule has 0 bridgehead atoms. The van der Waals surface area contributed by atoms with Crippen LogP contribution in [0.25, 0.3) is 0 Å². The SMILES string of the molecule is CC[C@@H](C)NC(=O)[C@H](Cc1ccccc1)N(Cc1ccc(Cl)cc1)C(=O)CN(c1ccc(Cl)c(Cl)c1)S(=O)(=O)c1ccc(C)cc1. The Morgan fingerprint density at radius 2 is 1.48 bits per heavy atom. The van der Waals surface area contributed by atoms with Gasteiger partial charge in [0.2, 0.25) is 11.8 Å². The highest BCUT2D eigenvalue weighted by Crippen LogP contribution is 2.31. The summed E-state index contributed by atoms with van der Waals surface area (Å²) in [5, 5.41) is 3.91. The van der Waals surface area contributed by atoms with Gasteiger partial charge in [0, 0.05) is 24.0 Å². The molecule has 2 amide bonds. The highest BCUT2D eigenvalue weighted by Gasteiger charge is 2.35. The Hall–Kier alpha value is -3.56. The molecule has 0 saturated carbocycles. The average Bonchev–Trinajstić information content (AvgIpc) is 3.04. The van der Waals surface area contributed by atoms with Gasteiger partial charge < -0.3 is 10.2 Å². The molecule has 4 aromatic carbocycles. The van der Waals surface area contributed by atoms with E-state index in [9.17, 15) is 18.0 Å². The van der Waals surface area contributed by atoms with Gasteiger partial charge in [0.25, 0.3) is 10.0 Å². The molecule has 0 spiro atoms. The maximum atomic E-state index is 14.5. The van der Waals surface area contributed by atoms with Gasteiger partial charge in [0.15, 0.2) is 0 Å². The molecular formula is C35H36Cl3N3O4S. The van der Waals surface area contributed by atoms with E-state index in [1.165, 1.54) is 35.2 Å². The smallest absolute Gasteiger partial charge is 0.264 e. The van der Waals surface area contributed by atoms with Crippen molar-refractivity contribution < 1.29 is 18.0 Å². The van der Waals surface area contributed by atoms with E-state index in [-0.39, 0.29) is 45.5 Å². The summed E-state index contributed by atoms with van der Waals surface area (Å²) in [6.45, 7) is 5.12. The van der Waals surface area contributed by atoms with Crippen LogP contribution in [-0.4, -0.2) is 43.8 Å². The van der Waals surface area contributed by atoms with Crippen LogP contribution in [0.3, 0.4) is 0 Å². The lowest BCUT2D eigenvalue weighted by atomic mass is 10.0. The van der Waals surface area contributed by atoms with Crippen LogP contribution in [-0.2, 0) is 32.6 Å². The molecule has 0 aliphatic carbocycles. The van der Waals surface area contributed by atoms with E-state index in [0.29, 0.717) is 11.4 Å². The number of hydrogen-bond donors (Lipinski definition) is 1. The predicted molar refractivity (Wildman–Crippen MR) is 186 cm³/mol. The van der Waals surface area contributed by atoms with Crippen LogP contribution in [0.4, 0.5) is 5.69 Å². The maximum absolute atomic E-state index is 14.5. The summed E-state index contributed by atoms with van der Waals surface area (Å²) >= 11 is 18.6. The number of sulfonamides is 1. The lowest BCUT2D eigenvalue weighted by Crippen LogP contribution is -2.54. The number of nitrogens with zero attached hydrogens (tertiary/aromatic N) is 2. The minimum absolute atomic E-state index is 0.00317. The normalized spacial score (nSPS) is 12.7. The third kappa shape index (κ3) is 9.04. The summed E-state index contributed by atoms with van der Waals surface area (Å²) in [6.07, 6.45) is 0.898. The van der Waals surface area contributed by atoms with Crippen molar-refractivity contribution >= 4 is 62.3 Å². The quantitative estimate of drug-likeness (QED) is 0.155. The average molecular weight is 701 g/mol. The van der Waals surface area contributed by atoms with Gasteiger partial charge in [0.05, 0.1) is 20.6 Å². The van der Waals surface area contributed by atoms with Crippen molar-refractivity contribution in [2.24, 2.45) is 0 Å². The fraction of sp³-hybridized carbons (Fsp3) is 0.257. The molecule has 0 radical (unpaired) electrons. The van der Waals surface area contributed by atoms with Crippen LogP contribution in [0, 0.1) is 6.92 Å². The lowest BCUT2D eigenvalue weighted by molar-refractivity contribution is -0.140. The third-order valence-corrected chi connectivity index (χ3v) is 10.4. The first kappa shape index (κ1) is 35.3. The zero-order valence-corrected chi connectivity index (χ0v) is 28.9. The molecule has 2 atom stereocenters. The van der Waals surface area contributed by atoms with Crippen LogP contribution >= 0.6 is 34.8 Å². The second-order valence-electron chi connectivity index (χ2n) is 11.1. The molecule has 0 heterocycles. The van der Waals surface area contributed by atoms with Crippen molar-refractivity contribution in [3.63, 3.8) is 0 Å². The summed E-state index contributed by atoms with van der Waals surface area (Å²) in [6, 6.07) is 25.9. The Morgan fingerprint density at radius 1 is 0.826 bits per heavy atom. The summed E-state index contributed by atoms with van der Waals surface area (Å²) < 4.78 is 29.3. The number of benzene rings is 4. The molecule has 7 nitrogen and oxygen atoms in total. The number of amides is 2. The number of nitrogens with one attached hydrogen (secondary N) is 1. The van der Waals surface area contributed by atoms with Crippen molar-refractivity contribution in [3.8, 4) is 0 Å². The van der Waals surface area contributed by atoms with Gasteiger partial charge in [-0.25, -0.2) is 8.42 Å². The Labute approximate surface area is 286 Å². The highest BCUT2D eigenvalue weighted by molar-refractivity contribution is 7.92. The molecule has 0 aliphatic rings. The number of halogens is 3. The van der Waals surface area contributed by atoms with Crippen LogP contribution in [0.1, 0.15) is 37.0 Å². The third-order valence-electron chi connectivity index (χ3n) is 7.62. The number of aryl methyl sites for hydroxylation is 1. The van der Waals surface area contributed by atoms with Crippen LogP contribution in [0.2, 0.25) is 15.1 Å². The van der Waals surface area contributed by atoms with Gasteiger partial charge in [0.1, 0.15) is 12.6 Å². The molecular weight excluding hydrogens is 665 g/mol. The standard InChI is InChI=1S/C35H36Cl3N3O4S/c1-4-25(3)39-35(43)33(20-26-8-6-5-7-9-26)40(22-27-12-14-28(36)15-13-27)34(42)23-41(29-16-19-31(37)32(38)21-29)46(44,45)30-17-10-24(2)11-18-30/h5-19,21,25,33H,4,20,22-23H2,1-3H3,(H,39,43)/t25-,33+/m1/s1. The second-order valence-corrected chi connectivity index (χ2v) is 14.2. The zero-order chi connectivity index (χ0) is 33.4. The van der Waals surface area contributed by atoms with Crippen molar-refractivity contribution in [1.29, 1.82) is 0 Å². The summed E-state index contributed by atoms with van der Waals surface area (Å²) in [5.74, 6) is -0.931. The van der Waals surface area contributed by atoms with Crippen LogP contribution in [0.15, 0.2) is 102 Å². The first-order valence-corrected chi connectivity index (χ1v) is 17.4. The van der Waals surface area contributed by atoms with Crippen LogP contribution in [0.5, 0.6) is 0 Å². The lowest BCUT2D eigenvalue weighted by Gasteiger charge is -2.34. The van der Waals surface area contributed by atoms with Crippen molar-refractivity contribution in [3.05, 3.63) is 129 Å². The zero-order valence-electron chi connectivity index (χ0n) is 25.8. The Bertz CT molecular complexity index is 1750. The number of rotatable bonds is 13. The Morgan fingerprint density at radius 3 is 2.09 bits per heavy atom. The maximum Gasteiger partial charge on any atom is 0.264 e. The number of carbonyl (C=O) groups is 2. The number of carbonyl (C=O) groups excluding carboxylic acids is 2. The second kappa shape index (κ2) is 15.8. The molecule has 1 N–H and O–H groups in total. The molecule has 0 aliphatic heterocycles. The monoisotopic (exact) mass is 699 g/mol. The Kier molecular flexibility index (Phi) is 12.1. The van der Waals surface area contributed by atoms with E-state index >= 15 is 0 Å². The van der Waals surface area contributed by atoms with E-state index in [1.807, 2.05) is 51.1 Å². The molecule has 0 aromatic heterocycles. The van der Waals surface area contributed by atoms with Gasteiger partial charge in [-0.15, -0.1) is 0 Å². The van der Waals surface area contributed by atoms with Crippen molar-refractivity contribution in [1.82, 2.24) is 10.2 Å². The first-order chi connectivity index (χ1) is 21.9. The predicted octanol–water partition coefficient (Wildman–Crippen LogP) is 7.71. The largest absolute Gasteiger partial charge is 0.352 e. The van der Waals surface area contributed by atoms with E-state index in [0.717, 1.165) is 21.0 Å². The highest BCUT2D eigenvalue weighted by atomic mass is 35.5. The molecule has 242 valence electrons. The molecule has 0 saturated heterocycles. The molecule has 4 rings (SSSR count). The number of hydrogen-bond acceptors (Lipinski definition) is 4. The summed E-state index contributed by atoms with van der Waals surface area (Å²) in [5.41, 5.74) is 2.59. The van der Waals surface area contributed by atoms with Crippen molar-refractivity contribution in [2.75, 3.05) is 10.8 Å².